The zero-order valence-corrected chi connectivity index (χ0v) is 20.8. The molecular weight excluding hydrogens is 504 g/mol. The lowest BCUT2D eigenvalue weighted by molar-refractivity contribution is -0.120. The highest BCUT2D eigenvalue weighted by Gasteiger charge is 2.41. The van der Waals surface area contributed by atoms with E-state index in [1.54, 1.807) is 36.4 Å². The van der Waals surface area contributed by atoms with Crippen molar-refractivity contribution in [3.63, 3.8) is 0 Å². The first-order valence-corrected chi connectivity index (χ1v) is 12.6. The minimum Gasteiger partial charge on any atom is -0.450 e. The monoisotopic (exact) mass is 522 g/mol. The second kappa shape index (κ2) is 9.53. The molecule has 0 bridgehead atoms. The van der Waals surface area contributed by atoms with Gasteiger partial charge < -0.3 is 9.40 Å². The fraction of sp³-hybridized carbons (Fsp3) is 0. The molecule has 1 saturated heterocycles. The molecular formula is C28H18N4O3S2. The number of amides is 2. The van der Waals surface area contributed by atoms with Gasteiger partial charge in [-0.15, -0.1) is 0 Å². The van der Waals surface area contributed by atoms with E-state index in [1.165, 1.54) is 27.6 Å². The van der Waals surface area contributed by atoms with Crippen LogP contribution in [0, 0.1) is 0 Å². The number of para-hydroxylation sites is 4. The number of carbonyl (C=O) groups excluding carboxylic acids is 2. The number of rotatable bonds is 5. The number of nitrogens with zero attached hydrogens (tertiary/aromatic N) is 3. The number of thiocarbonyl (C=S) groups is 1. The van der Waals surface area contributed by atoms with E-state index in [4.69, 9.17) is 16.6 Å². The van der Waals surface area contributed by atoms with Crippen LogP contribution in [0.2, 0.25) is 0 Å². The maximum Gasteiger partial charge on any atom is 0.270 e. The Balaban J connectivity index is 1.36. The van der Waals surface area contributed by atoms with Crippen LogP contribution in [-0.4, -0.2) is 26.9 Å². The summed E-state index contributed by atoms with van der Waals surface area (Å²) in [6.07, 6.45) is 1.46. The van der Waals surface area contributed by atoms with Crippen molar-refractivity contribution >= 4 is 69.4 Å². The van der Waals surface area contributed by atoms with Gasteiger partial charge in [0.25, 0.3) is 11.8 Å². The van der Waals surface area contributed by atoms with Crippen LogP contribution in [0.3, 0.4) is 0 Å². The number of anilines is 2. The highest BCUT2D eigenvalue weighted by molar-refractivity contribution is 7.99. The molecule has 0 spiro atoms. The zero-order valence-electron chi connectivity index (χ0n) is 19.2. The molecule has 0 aliphatic carbocycles. The molecule has 6 rings (SSSR count). The molecule has 3 aromatic carbocycles. The van der Waals surface area contributed by atoms with Crippen molar-refractivity contribution in [1.29, 1.82) is 0 Å². The number of furan rings is 1. The molecule has 180 valence electrons. The molecule has 0 radical (unpaired) electrons. The molecule has 0 atom stereocenters. The first-order valence-electron chi connectivity index (χ1n) is 11.4. The van der Waals surface area contributed by atoms with Crippen LogP contribution in [0.15, 0.2) is 117 Å². The SMILES string of the molecule is O=C1C(=Cc2ccc(Sc3nc4ccccc4[nH]3)o2)C(=O)N(c2ccccc2)C(=S)N1c1ccccc1. The lowest BCUT2D eigenvalue weighted by Crippen LogP contribution is -2.56. The third kappa shape index (κ3) is 4.35. The third-order valence-corrected chi connectivity index (χ3v) is 6.90. The summed E-state index contributed by atoms with van der Waals surface area (Å²) in [6.45, 7) is 0. The number of fused-ring (bicyclic) bond motifs is 1. The van der Waals surface area contributed by atoms with Crippen molar-refractivity contribution in [3.05, 3.63) is 108 Å². The number of carbonyl (C=O) groups is 2. The van der Waals surface area contributed by atoms with Gasteiger partial charge in [0.05, 0.1) is 22.4 Å². The summed E-state index contributed by atoms with van der Waals surface area (Å²) in [5.41, 5.74) is 2.86. The number of aromatic nitrogens is 2. The number of aromatic amines is 1. The van der Waals surface area contributed by atoms with Crippen molar-refractivity contribution in [2.75, 3.05) is 9.80 Å². The van der Waals surface area contributed by atoms with E-state index in [1.807, 2.05) is 60.7 Å². The van der Waals surface area contributed by atoms with Gasteiger partial charge in [-0.1, -0.05) is 48.5 Å². The highest BCUT2D eigenvalue weighted by atomic mass is 32.2. The van der Waals surface area contributed by atoms with E-state index in [0.717, 1.165) is 11.0 Å². The standard InChI is InChI=1S/C28H18N4O3S2/c33-25-21(17-20-15-16-24(35-20)37-27-29-22-13-7-8-14-23(22)30-27)26(34)32(19-11-5-2-6-12-19)28(36)31(25)18-9-3-1-4-10-18/h1-17H,(H,29,30). The molecule has 1 aliphatic heterocycles. The van der Waals surface area contributed by atoms with Crippen LogP contribution in [0.5, 0.6) is 0 Å². The first kappa shape index (κ1) is 23.0. The predicted molar refractivity (Wildman–Crippen MR) is 147 cm³/mol. The molecule has 37 heavy (non-hydrogen) atoms. The smallest absolute Gasteiger partial charge is 0.270 e. The highest BCUT2D eigenvalue weighted by Crippen LogP contribution is 2.32. The van der Waals surface area contributed by atoms with Gasteiger partial charge in [-0.2, -0.15) is 0 Å². The summed E-state index contributed by atoms with van der Waals surface area (Å²) in [4.78, 5) is 37.7. The zero-order chi connectivity index (χ0) is 25.4. The van der Waals surface area contributed by atoms with Gasteiger partial charge in [0, 0.05) is 0 Å². The van der Waals surface area contributed by atoms with Gasteiger partial charge in [0.2, 0.25) is 0 Å². The Kier molecular flexibility index (Phi) is 5.91. The van der Waals surface area contributed by atoms with E-state index in [2.05, 4.69) is 9.97 Å². The van der Waals surface area contributed by atoms with E-state index in [0.29, 0.717) is 27.4 Å². The van der Waals surface area contributed by atoms with Crippen LogP contribution in [0.1, 0.15) is 5.76 Å². The van der Waals surface area contributed by atoms with Crippen LogP contribution >= 0.6 is 24.0 Å². The summed E-state index contributed by atoms with van der Waals surface area (Å²) < 4.78 is 5.94. The Morgan fingerprint density at radius 3 is 2.00 bits per heavy atom. The van der Waals surface area contributed by atoms with Crippen molar-refractivity contribution < 1.29 is 14.0 Å². The van der Waals surface area contributed by atoms with Crippen LogP contribution in [0.4, 0.5) is 11.4 Å². The molecule has 7 nitrogen and oxygen atoms in total. The lowest BCUT2D eigenvalue weighted by atomic mass is 10.1. The average molecular weight is 523 g/mol. The van der Waals surface area contributed by atoms with Gasteiger partial charge in [0.1, 0.15) is 11.3 Å². The largest absolute Gasteiger partial charge is 0.450 e. The van der Waals surface area contributed by atoms with Gasteiger partial charge in [0.15, 0.2) is 15.4 Å². The molecule has 0 saturated carbocycles. The van der Waals surface area contributed by atoms with Crippen molar-refractivity contribution in [2.24, 2.45) is 0 Å². The predicted octanol–water partition coefficient (Wildman–Crippen LogP) is 6.06. The van der Waals surface area contributed by atoms with E-state index in [-0.39, 0.29) is 10.7 Å². The number of H-pyrrole nitrogens is 1. The number of hydrogen-bond acceptors (Lipinski definition) is 6. The molecule has 2 aromatic heterocycles. The third-order valence-electron chi connectivity index (χ3n) is 5.73. The first-order chi connectivity index (χ1) is 18.1. The Morgan fingerprint density at radius 1 is 0.784 bits per heavy atom. The molecule has 1 fully saturated rings. The van der Waals surface area contributed by atoms with Crippen molar-refractivity contribution in [3.8, 4) is 0 Å². The normalized spacial score (nSPS) is 14.1. The summed E-state index contributed by atoms with van der Waals surface area (Å²) >= 11 is 6.95. The van der Waals surface area contributed by atoms with E-state index in [9.17, 15) is 9.59 Å². The topological polar surface area (TPSA) is 82.4 Å². The molecule has 1 N–H and O–H groups in total. The van der Waals surface area contributed by atoms with E-state index >= 15 is 0 Å². The average Bonchev–Trinajstić information content (AvgIpc) is 3.54. The molecule has 0 unspecified atom stereocenters. The minimum absolute atomic E-state index is 0.0593. The summed E-state index contributed by atoms with van der Waals surface area (Å²) in [5, 5.41) is 1.33. The number of imidazole rings is 1. The second-order valence-corrected chi connectivity index (χ2v) is 9.47. The fourth-order valence-electron chi connectivity index (χ4n) is 4.02. The molecule has 5 aromatic rings. The maximum absolute atomic E-state index is 13.6. The molecule has 9 heteroatoms. The quantitative estimate of drug-likeness (QED) is 0.172. The van der Waals surface area contributed by atoms with E-state index < -0.39 is 11.8 Å². The summed E-state index contributed by atoms with van der Waals surface area (Å²) in [6, 6.07) is 29.3. The second-order valence-electron chi connectivity index (χ2n) is 8.11. The van der Waals surface area contributed by atoms with Crippen LogP contribution in [0.25, 0.3) is 17.1 Å². The lowest BCUT2D eigenvalue weighted by Gasteiger charge is -2.36. The molecule has 3 heterocycles. The Morgan fingerprint density at radius 2 is 1.38 bits per heavy atom. The van der Waals surface area contributed by atoms with Gasteiger partial charge in [-0.3, -0.25) is 19.4 Å². The summed E-state index contributed by atoms with van der Waals surface area (Å²) in [7, 11) is 0. The maximum atomic E-state index is 13.6. The Labute approximate surface area is 221 Å². The number of benzene rings is 3. The van der Waals surface area contributed by atoms with Crippen LogP contribution in [-0.2, 0) is 9.59 Å². The minimum atomic E-state index is -0.517. The van der Waals surface area contributed by atoms with Crippen molar-refractivity contribution in [2.45, 2.75) is 10.2 Å². The number of nitrogens with one attached hydrogen (secondary N) is 1. The Hall–Kier alpha value is -4.47. The van der Waals surface area contributed by atoms with Gasteiger partial charge in [-0.25, -0.2) is 4.98 Å². The number of hydrogen-bond donors (Lipinski definition) is 1. The summed E-state index contributed by atoms with van der Waals surface area (Å²) in [5.74, 6) is -0.670. The van der Waals surface area contributed by atoms with Gasteiger partial charge in [-0.05, 0) is 78.6 Å². The van der Waals surface area contributed by atoms with Crippen LogP contribution < -0.4 is 9.80 Å². The Bertz CT molecular complexity index is 1580. The fourth-order valence-corrected chi connectivity index (χ4v) is 5.17. The van der Waals surface area contributed by atoms with Gasteiger partial charge >= 0.3 is 0 Å². The van der Waals surface area contributed by atoms with Crippen molar-refractivity contribution in [1.82, 2.24) is 9.97 Å². The molecule has 2 amide bonds. The molecule has 1 aliphatic rings.